The lowest BCUT2D eigenvalue weighted by molar-refractivity contribution is 0.295. The van der Waals surface area contributed by atoms with Gasteiger partial charge in [0.2, 0.25) is 0 Å². The molecule has 0 fully saturated rings. The molecule has 0 aromatic heterocycles. The van der Waals surface area contributed by atoms with Crippen LogP contribution >= 0.6 is 23.5 Å². The summed E-state index contributed by atoms with van der Waals surface area (Å²) < 4.78 is 0. The van der Waals surface area contributed by atoms with Gasteiger partial charge in [-0.2, -0.15) is 23.5 Å². The molecule has 0 N–H and O–H groups in total. The van der Waals surface area contributed by atoms with Crippen molar-refractivity contribution >= 4 is 23.5 Å². The van der Waals surface area contributed by atoms with Gasteiger partial charge in [0.1, 0.15) is 0 Å². The Morgan fingerprint density at radius 2 is 1.50 bits per heavy atom. The number of thioether (sulfide) groups is 2. The highest BCUT2D eigenvalue weighted by molar-refractivity contribution is 8.15. The predicted octanol–water partition coefficient (Wildman–Crippen LogP) is 4.26. The molecule has 0 spiro atoms. The van der Waals surface area contributed by atoms with Crippen LogP contribution in [0.5, 0.6) is 0 Å². The van der Waals surface area contributed by atoms with Gasteiger partial charge >= 0.3 is 0 Å². The van der Waals surface area contributed by atoms with E-state index in [4.69, 9.17) is 0 Å². The standard InChI is InChI=1S/C10H22S2/c1-5-10(6-2,7-3)8-12-9-11-4/h5-9H2,1-4H3. The second-order valence-corrected chi connectivity index (χ2v) is 5.53. The van der Waals surface area contributed by atoms with Gasteiger partial charge in [-0.05, 0) is 36.7 Å². The summed E-state index contributed by atoms with van der Waals surface area (Å²) in [5.74, 6) is 1.34. The molecular formula is C10H22S2. The highest BCUT2D eigenvalue weighted by atomic mass is 32.2. The van der Waals surface area contributed by atoms with E-state index in [1.54, 1.807) is 0 Å². The molecule has 74 valence electrons. The van der Waals surface area contributed by atoms with Crippen molar-refractivity contribution in [2.45, 2.75) is 40.0 Å². The molecule has 0 aliphatic rings. The lowest BCUT2D eigenvalue weighted by atomic mass is 9.82. The fraction of sp³-hybridized carbons (Fsp3) is 1.00. The smallest absolute Gasteiger partial charge is 0.0389 e. The summed E-state index contributed by atoms with van der Waals surface area (Å²) in [7, 11) is 0. The third-order valence-electron chi connectivity index (χ3n) is 2.86. The quantitative estimate of drug-likeness (QED) is 0.451. The molecule has 0 bridgehead atoms. The molecule has 0 saturated carbocycles. The first kappa shape index (κ1) is 12.7. The summed E-state index contributed by atoms with van der Waals surface area (Å²) in [6.07, 6.45) is 6.18. The van der Waals surface area contributed by atoms with Crippen molar-refractivity contribution in [2.24, 2.45) is 5.41 Å². The summed E-state index contributed by atoms with van der Waals surface area (Å²) in [6, 6.07) is 0. The molecule has 0 aliphatic carbocycles. The first-order valence-corrected chi connectivity index (χ1v) is 7.36. The normalized spacial score (nSPS) is 12.0. The third kappa shape index (κ3) is 4.08. The van der Waals surface area contributed by atoms with Crippen molar-refractivity contribution in [3.63, 3.8) is 0 Å². The lowest BCUT2D eigenvalue weighted by Crippen LogP contribution is -2.20. The largest absolute Gasteiger partial charge is 0.155 e. The van der Waals surface area contributed by atoms with Gasteiger partial charge < -0.3 is 0 Å². The van der Waals surface area contributed by atoms with Crippen molar-refractivity contribution in [3.8, 4) is 0 Å². The van der Waals surface area contributed by atoms with Crippen molar-refractivity contribution in [1.82, 2.24) is 0 Å². The maximum Gasteiger partial charge on any atom is 0.0389 e. The summed E-state index contributed by atoms with van der Waals surface area (Å²) in [4.78, 5) is 0. The number of rotatable bonds is 7. The summed E-state index contributed by atoms with van der Waals surface area (Å²) in [5.41, 5.74) is 0.625. The van der Waals surface area contributed by atoms with Crippen molar-refractivity contribution in [3.05, 3.63) is 0 Å². The molecule has 0 unspecified atom stereocenters. The van der Waals surface area contributed by atoms with Crippen LogP contribution in [0.4, 0.5) is 0 Å². The van der Waals surface area contributed by atoms with Gasteiger partial charge in [0.15, 0.2) is 0 Å². The van der Waals surface area contributed by atoms with E-state index >= 15 is 0 Å². The zero-order valence-corrected chi connectivity index (χ0v) is 10.5. The van der Waals surface area contributed by atoms with Crippen molar-refractivity contribution < 1.29 is 0 Å². The van der Waals surface area contributed by atoms with Crippen LogP contribution in [0.2, 0.25) is 0 Å². The van der Waals surface area contributed by atoms with Gasteiger partial charge in [-0.25, -0.2) is 0 Å². The molecule has 0 rings (SSSR count). The lowest BCUT2D eigenvalue weighted by Gasteiger charge is -2.29. The van der Waals surface area contributed by atoms with Crippen LogP contribution in [0.25, 0.3) is 0 Å². The SMILES string of the molecule is CCC(CC)(CC)CSCSC. The van der Waals surface area contributed by atoms with Crippen LogP contribution in [0.3, 0.4) is 0 Å². The van der Waals surface area contributed by atoms with E-state index in [2.05, 4.69) is 38.8 Å². The van der Waals surface area contributed by atoms with Gasteiger partial charge in [0, 0.05) is 5.08 Å². The van der Waals surface area contributed by atoms with E-state index in [1.165, 1.54) is 30.1 Å². The van der Waals surface area contributed by atoms with E-state index < -0.39 is 0 Å². The average Bonchev–Trinajstić information content (AvgIpc) is 2.14. The van der Waals surface area contributed by atoms with Crippen molar-refractivity contribution in [2.75, 3.05) is 17.1 Å². The zero-order chi connectivity index (χ0) is 9.45. The first-order valence-electron chi connectivity index (χ1n) is 4.81. The van der Waals surface area contributed by atoms with Crippen LogP contribution < -0.4 is 0 Å². The van der Waals surface area contributed by atoms with E-state index in [1.807, 2.05) is 11.8 Å². The van der Waals surface area contributed by atoms with Crippen molar-refractivity contribution in [1.29, 1.82) is 0 Å². The minimum atomic E-state index is 0.625. The fourth-order valence-electron chi connectivity index (χ4n) is 1.40. The van der Waals surface area contributed by atoms with Gasteiger partial charge in [-0.1, -0.05) is 20.8 Å². The molecule has 0 amide bonds. The van der Waals surface area contributed by atoms with Crippen LogP contribution in [0.1, 0.15) is 40.0 Å². The molecule has 0 aromatic rings. The molecule has 0 atom stereocenters. The zero-order valence-electron chi connectivity index (χ0n) is 8.85. The Bertz CT molecular complexity index is 89.7. The second-order valence-electron chi connectivity index (χ2n) is 3.32. The highest BCUT2D eigenvalue weighted by Crippen LogP contribution is 2.34. The minimum absolute atomic E-state index is 0.625. The van der Waals surface area contributed by atoms with Crippen LogP contribution in [0, 0.1) is 5.41 Å². The molecule has 2 heteroatoms. The topological polar surface area (TPSA) is 0 Å². The molecule has 12 heavy (non-hydrogen) atoms. The molecule has 0 nitrogen and oxygen atoms in total. The summed E-state index contributed by atoms with van der Waals surface area (Å²) in [6.45, 7) is 6.98. The molecular weight excluding hydrogens is 184 g/mol. The Kier molecular flexibility index (Phi) is 7.55. The van der Waals surface area contributed by atoms with Crippen LogP contribution in [-0.4, -0.2) is 17.1 Å². The van der Waals surface area contributed by atoms with Crippen LogP contribution in [-0.2, 0) is 0 Å². The molecule has 0 aliphatic heterocycles. The van der Waals surface area contributed by atoms with Gasteiger partial charge in [0.25, 0.3) is 0 Å². The Morgan fingerprint density at radius 3 is 1.83 bits per heavy atom. The van der Waals surface area contributed by atoms with E-state index in [-0.39, 0.29) is 0 Å². The molecule has 0 radical (unpaired) electrons. The molecule has 0 aromatic carbocycles. The van der Waals surface area contributed by atoms with E-state index in [0.717, 1.165) is 0 Å². The Labute approximate surface area is 86.3 Å². The molecule has 0 heterocycles. The van der Waals surface area contributed by atoms with Gasteiger partial charge in [-0.3, -0.25) is 0 Å². The first-order chi connectivity index (χ1) is 5.74. The van der Waals surface area contributed by atoms with Gasteiger partial charge in [0.05, 0.1) is 0 Å². The summed E-state index contributed by atoms with van der Waals surface area (Å²) in [5, 5.41) is 1.25. The second kappa shape index (κ2) is 7.14. The minimum Gasteiger partial charge on any atom is -0.155 e. The van der Waals surface area contributed by atoms with E-state index in [9.17, 15) is 0 Å². The van der Waals surface area contributed by atoms with E-state index in [0.29, 0.717) is 5.41 Å². The fourth-order valence-corrected chi connectivity index (χ4v) is 3.44. The maximum atomic E-state index is 2.33. The number of hydrogen-bond donors (Lipinski definition) is 0. The average molecular weight is 206 g/mol. The van der Waals surface area contributed by atoms with Gasteiger partial charge in [-0.15, -0.1) is 0 Å². The third-order valence-corrected chi connectivity index (χ3v) is 5.29. The Hall–Kier alpha value is 0.700. The predicted molar refractivity (Wildman–Crippen MR) is 64.1 cm³/mol. The molecule has 0 saturated heterocycles. The number of hydrogen-bond acceptors (Lipinski definition) is 2. The summed E-state index contributed by atoms with van der Waals surface area (Å²) >= 11 is 4.03. The maximum absolute atomic E-state index is 2.33. The monoisotopic (exact) mass is 206 g/mol. The Balaban J connectivity index is 3.76. The Morgan fingerprint density at radius 1 is 1.00 bits per heavy atom. The highest BCUT2D eigenvalue weighted by Gasteiger charge is 2.23. The van der Waals surface area contributed by atoms with Crippen LogP contribution in [0.15, 0.2) is 0 Å².